The number of hydrogen-bond donors (Lipinski definition) is 1. The molecule has 2 atom stereocenters. The van der Waals surface area contributed by atoms with Crippen molar-refractivity contribution in [1.82, 2.24) is 9.80 Å². The maximum Gasteiger partial charge on any atom is 0.0165 e. The zero-order valence-corrected chi connectivity index (χ0v) is 9.87. The van der Waals surface area contributed by atoms with Gasteiger partial charge >= 0.3 is 0 Å². The van der Waals surface area contributed by atoms with Gasteiger partial charge in [-0.05, 0) is 39.4 Å². The second-order valence-electron chi connectivity index (χ2n) is 4.81. The van der Waals surface area contributed by atoms with E-state index in [0.29, 0.717) is 6.04 Å². The lowest BCUT2D eigenvalue weighted by Crippen LogP contribution is -2.37. The summed E-state index contributed by atoms with van der Waals surface area (Å²) in [5.74, 6) is 0.856. The minimum atomic E-state index is 0.346. The number of hydrogen-bond acceptors (Lipinski definition) is 3. The predicted molar refractivity (Wildman–Crippen MR) is 61.4 cm³/mol. The highest BCUT2D eigenvalue weighted by atomic mass is 15.2. The highest BCUT2D eigenvalue weighted by Gasteiger charge is 2.20. The Labute approximate surface area is 88.2 Å². The van der Waals surface area contributed by atoms with E-state index in [1.807, 2.05) is 0 Å². The Hall–Kier alpha value is -0.120. The summed E-state index contributed by atoms with van der Waals surface area (Å²) < 4.78 is 0. The average Bonchev–Trinajstić information content (AvgIpc) is 2.50. The van der Waals surface area contributed by atoms with E-state index in [9.17, 15) is 0 Å². The minimum absolute atomic E-state index is 0.346. The van der Waals surface area contributed by atoms with Crippen molar-refractivity contribution in [2.45, 2.75) is 25.8 Å². The quantitative estimate of drug-likeness (QED) is 0.704. The van der Waals surface area contributed by atoms with Crippen LogP contribution in [-0.2, 0) is 0 Å². The van der Waals surface area contributed by atoms with E-state index in [4.69, 9.17) is 5.73 Å². The second-order valence-corrected chi connectivity index (χ2v) is 4.81. The molecule has 2 unspecified atom stereocenters. The van der Waals surface area contributed by atoms with Crippen LogP contribution in [0.3, 0.4) is 0 Å². The van der Waals surface area contributed by atoms with Crippen molar-refractivity contribution < 1.29 is 0 Å². The Kier molecular flexibility index (Phi) is 4.85. The SMILES string of the molecule is CCC(N)CN(C)CC1CCN(C)C1. The summed E-state index contributed by atoms with van der Waals surface area (Å²) in [7, 11) is 4.39. The van der Waals surface area contributed by atoms with Gasteiger partial charge in [-0.15, -0.1) is 0 Å². The molecule has 0 aromatic rings. The summed E-state index contributed by atoms with van der Waals surface area (Å²) >= 11 is 0. The zero-order chi connectivity index (χ0) is 10.6. The lowest BCUT2D eigenvalue weighted by molar-refractivity contribution is 0.258. The molecule has 0 aliphatic carbocycles. The van der Waals surface area contributed by atoms with Gasteiger partial charge in [0.15, 0.2) is 0 Å². The van der Waals surface area contributed by atoms with Gasteiger partial charge in [-0.25, -0.2) is 0 Å². The molecule has 1 heterocycles. The highest BCUT2D eigenvalue weighted by molar-refractivity contribution is 4.76. The predicted octanol–water partition coefficient (Wildman–Crippen LogP) is 0.607. The molecule has 0 amide bonds. The normalized spacial score (nSPS) is 25.9. The van der Waals surface area contributed by atoms with Crippen molar-refractivity contribution in [3.63, 3.8) is 0 Å². The summed E-state index contributed by atoms with van der Waals surface area (Å²) in [6.45, 7) is 6.92. The lowest BCUT2D eigenvalue weighted by atomic mass is 10.1. The third-order valence-corrected chi connectivity index (χ3v) is 3.13. The van der Waals surface area contributed by atoms with E-state index >= 15 is 0 Å². The van der Waals surface area contributed by atoms with Gasteiger partial charge in [0.2, 0.25) is 0 Å². The van der Waals surface area contributed by atoms with Crippen molar-refractivity contribution >= 4 is 0 Å². The van der Waals surface area contributed by atoms with Gasteiger partial charge in [0.1, 0.15) is 0 Å². The maximum absolute atomic E-state index is 5.92. The Bertz CT molecular complexity index is 161. The maximum atomic E-state index is 5.92. The highest BCUT2D eigenvalue weighted by Crippen LogP contribution is 2.15. The minimum Gasteiger partial charge on any atom is -0.327 e. The van der Waals surface area contributed by atoms with Gasteiger partial charge in [0.05, 0.1) is 0 Å². The number of nitrogens with zero attached hydrogens (tertiary/aromatic N) is 2. The number of likely N-dealkylation sites (N-methyl/N-ethyl adjacent to an activating group) is 1. The zero-order valence-electron chi connectivity index (χ0n) is 9.87. The van der Waals surface area contributed by atoms with Gasteiger partial charge in [0.25, 0.3) is 0 Å². The molecule has 3 heteroatoms. The van der Waals surface area contributed by atoms with Crippen LogP contribution in [0.1, 0.15) is 19.8 Å². The molecule has 1 aliphatic rings. The van der Waals surface area contributed by atoms with Crippen molar-refractivity contribution in [2.24, 2.45) is 11.7 Å². The molecule has 0 aromatic carbocycles. The van der Waals surface area contributed by atoms with E-state index in [2.05, 4.69) is 30.8 Å². The lowest BCUT2D eigenvalue weighted by Gasteiger charge is -2.23. The Morgan fingerprint density at radius 3 is 2.79 bits per heavy atom. The third kappa shape index (κ3) is 3.95. The van der Waals surface area contributed by atoms with Crippen LogP contribution in [-0.4, -0.2) is 56.1 Å². The second kappa shape index (κ2) is 5.69. The molecule has 1 saturated heterocycles. The molecule has 2 N–H and O–H groups in total. The molecular weight excluding hydrogens is 174 g/mol. The van der Waals surface area contributed by atoms with E-state index in [0.717, 1.165) is 18.9 Å². The summed E-state index contributed by atoms with van der Waals surface area (Å²) in [4.78, 5) is 4.80. The molecule has 0 bridgehead atoms. The van der Waals surface area contributed by atoms with Crippen molar-refractivity contribution in [1.29, 1.82) is 0 Å². The van der Waals surface area contributed by atoms with Crippen LogP contribution >= 0.6 is 0 Å². The molecule has 1 aliphatic heterocycles. The first kappa shape index (κ1) is 12.0. The first-order valence-electron chi connectivity index (χ1n) is 5.74. The number of nitrogens with two attached hydrogens (primary N) is 1. The summed E-state index contributed by atoms with van der Waals surface area (Å²) in [6, 6.07) is 0.346. The van der Waals surface area contributed by atoms with Crippen LogP contribution < -0.4 is 5.73 Å². The van der Waals surface area contributed by atoms with E-state index in [1.54, 1.807) is 0 Å². The Morgan fingerprint density at radius 2 is 2.29 bits per heavy atom. The molecular formula is C11H25N3. The van der Waals surface area contributed by atoms with Crippen LogP contribution in [0, 0.1) is 5.92 Å². The molecule has 14 heavy (non-hydrogen) atoms. The number of likely N-dealkylation sites (tertiary alicyclic amines) is 1. The summed E-state index contributed by atoms with van der Waals surface area (Å²) in [5.41, 5.74) is 5.92. The van der Waals surface area contributed by atoms with Crippen LogP contribution in [0.4, 0.5) is 0 Å². The number of rotatable bonds is 5. The van der Waals surface area contributed by atoms with Crippen LogP contribution in [0.5, 0.6) is 0 Å². The summed E-state index contributed by atoms with van der Waals surface area (Å²) in [6.07, 6.45) is 2.43. The first-order chi connectivity index (χ1) is 6.61. The molecule has 1 fully saturated rings. The molecule has 0 spiro atoms. The standard InChI is InChI=1S/C11H25N3/c1-4-11(12)9-14(3)8-10-5-6-13(2)7-10/h10-11H,4-9,12H2,1-3H3. The van der Waals surface area contributed by atoms with Crippen molar-refractivity contribution in [3.8, 4) is 0 Å². The molecule has 3 nitrogen and oxygen atoms in total. The smallest absolute Gasteiger partial charge is 0.0165 e. The van der Waals surface area contributed by atoms with Gasteiger partial charge < -0.3 is 15.5 Å². The Balaban J connectivity index is 2.16. The van der Waals surface area contributed by atoms with Gasteiger partial charge in [0, 0.05) is 25.7 Å². The molecule has 0 saturated carbocycles. The molecule has 84 valence electrons. The van der Waals surface area contributed by atoms with Crippen LogP contribution in [0.2, 0.25) is 0 Å². The van der Waals surface area contributed by atoms with Gasteiger partial charge in [-0.1, -0.05) is 6.92 Å². The third-order valence-electron chi connectivity index (χ3n) is 3.13. The van der Waals surface area contributed by atoms with Crippen LogP contribution in [0.25, 0.3) is 0 Å². The van der Waals surface area contributed by atoms with Crippen molar-refractivity contribution in [2.75, 3.05) is 40.3 Å². The van der Waals surface area contributed by atoms with Crippen molar-refractivity contribution in [3.05, 3.63) is 0 Å². The fourth-order valence-electron chi connectivity index (χ4n) is 2.22. The van der Waals surface area contributed by atoms with E-state index in [-0.39, 0.29) is 0 Å². The monoisotopic (exact) mass is 199 g/mol. The molecule has 1 rings (SSSR count). The van der Waals surface area contributed by atoms with E-state index in [1.165, 1.54) is 26.1 Å². The molecule has 0 radical (unpaired) electrons. The largest absolute Gasteiger partial charge is 0.327 e. The van der Waals surface area contributed by atoms with Gasteiger partial charge in [-0.3, -0.25) is 0 Å². The fraction of sp³-hybridized carbons (Fsp3) is 1.00. The topological polar surface area (TPSA) is 32.5 Å². The summed E-state index contributed by atoms with van der Waals surface area (Å²) in [5, 5.41) is 0. The first-order valence-corrected chi connectivity index (χ1v) is 5.74. The van der Waals surface area contributed by atoms with Gasteiger partial charge in [-0.2, -0.15) is 0 Å². The average molecular weight is 199 g/mol. The Morgan fingerprint density at radius 1 is 1.57 bits per heavy atom. The van der Waals surface area contributed by atoms with E-state index < -0.39 is 0 Å². The van der Waals surface area contributed by atoms with Crippen LogP contribution in [0.15, 0.2) is 0 Å². The molecule has 0 aromatic heterocycles. The fourth-order valence-corrected chi connectivity index (χ4v) is 2.22.